The van der Waals surface area contributed by atoms with Crippen LogP contribution in [-0.2, 0) is 19.2 Å². The Hall–Kier alpha value is -1.67. The van der Waals surface area contributed by atoms with Crippen molar-refractivity contribution in [1.82, 2.24) is 0 Å². The molecule has 0 amide bonds. The van der Waals surface area contributed by atoms with Crippen LogP contribution >= 0.6 is 0 Å². The van der Waals surface area contributed by atoms with Crippen molar-refractivity contribution < 1.29 is 28.7 Å². The number of hydrogen-bond donors (Lipinski definition) is 3. The summed E-state index contributed by atoms with van der Waals surface area (Å²) < 4.78 is 13.3. The van der Waals surface area contributed by atoms with Gasteiger partial charge in [0.25, 0.3) is 0 Å². The molecular weight excluding hydrogens is 235 g/mol. The van der Waals surface area contributed by atoms with E-state index in [1.54, 1.807) is 0 Å². The molecule has 0 saturated carbocycles. The zero-order chi connectivity index (χ0) is 13.7. The van der Waals surface area contributed by atoms with Gasteiger partial charge in [-0.3, -0.25) is 19.2 Å². The van der Waals surface area contributed by atoms with Gasteiger partial charge in [0.2, 0.25) is 17.7 Å². The molecule has 0 heterocycles. The first kappa shape index (κ1) is 15.3. The number of Topliss-reactive ketones (excluding diaryl/α,β-unsaturated/α-hetero) is 3. The second-order valence-corrected chi connectivity index (χ2v) is 3.49. The number of carbonyl (C=O) groups is 4. The van der Waals surface area contributed by atoms with Crippen molar-refractivity contribution >= 4 is 23.3 Å². The predicted octanol–water partition coefficient (Wildman–Crippen LogP) is -1.82. The van der Waals surface area contributed by atoms with Gasteiger partial charge in [-0.25, -0.2) is 4.39 Å². The average Bonchev–Trinajstić information content (AvgIpc) is 2.23. The van der Waals surface area contributed by atoms with Gasteiger partial charge in [-0.1, -0.05) is 0 Å². The molecule has 1 unspecified atom stereocenters. The fourth-order valence-electron chi connectivity index (χ4n) is 0.955. The summed E-state index contributed by atoms with van der Waals surface area (Å²) in [5.41, 5.74) is 10.1. The summed E-state index contributed by atoms with van der Waals surface area (Å²) in [6, 6.07) is -2.91. The molecule has 0 aliphatic rings. The summed E-state index contributed by atoms with van der Waals surface area (Å²) in [5.74, 6) is -5.70. The van der Waals surface area contributed by atoms with E-state index in [9.17, 15) is 23.6 Å². The molecular formula is C9H13FN2O5. The maximum atomic E-state index is 13.3. The van der Waals surface area contributed by atoms with E-state index in [2.05, 4.69) is 0 Å². The third-order valence-corrected chi connectivity index (χ3v) is 1.90. The van der Waals surface area contributed by atoms with E-state index in [4.69, 9.17) is 16.6 Å². The van der Waals surface area contributed by atoms with Crippen LogP contribution in [0.2, 0.25) is 0 Å². The van der Waals surface area contributed by atoms with Crippen LogP contribution in [0.4, 0.5) is 4.39 Å². The Morgan fingerprint density at radius 3 is 2.00 bits per heavy atom. The summed E-state index contributed by atoms with van der Waals surface area (Å²) in [7, 11) is 0. The van der Waals surface area contributed by atoms with Gasteiger partial charge in [0, 0.05) is 0 Å². The standard InChI is InChI=1S/C9H13FN2O5/c1-3(11)7(15)9(17)6(10)8(16)4(12)2-5(13)14/h3-4,6H,2,11-12H2,1H3,(H,13,14)/t3-,4-,6?/m0/s1. The van der Waals surface area contributed by atoms with E-state index in [-0.39, 0.29) is 0 Å². The van der Waals surface area contributed by atoms with Crippen LogP contribution in [-0.4, -0.2) is 46.7 Å². The minimum Gasteiger partial charge on any atom is -0.481 e. The Bertz CT molecular complexity index is 355. The van der Waals surface area contributed by atoms with Crippen molar-refractivity contribution in [2.45, 2.75) is 31.6 Å². The zero-order valence-electron chi connectivity index (χ0n) is 9.05. The summed E-state index contributed by atoms with van der Waals surface area (Å²) in [4.78, 5) is 43.5. The van der Waals surface area contributed by atoms with Gasteiger partial charge >= 0.3 is 5.97 Å². The number of carbonyl (C=O) groups excluding carboxylic acids is 3. The monoisotopic (exact) mass is 248 g/mol. The lowest BCUT2D eigenvalue weighted by atomic mass is 9.99. The van der Waals surface area contributed by atoms with Crippen molar-refractivity contribution in [2.24, 2.45) is 11.5 Å². The first-order valence-corrected chi connectivity index (χ1v) is 4.67. The van der Waals surface area contributed by atoms with Gasteiger partial charge in [0.15, 0.2) is 5.78 Å². The molecule has 0 fully saturated rings. The van der Waals surface area contributed by atoms with E-state index >= 15 is 0 Å². The van der Waals surface area contributed by atoms with Crippen LogP contribution in [0.5, 0.6) is 0 Å². The molecule has 8 heteroatoms. The molecule has 0 aromatic carbocycles. The molecule has 0 aromatic heterocycles. The van der Waals surface area contributed by atoms with Gasteiger partial charge in [0.1, 0.15) is 0 Å². The number of alkyl halides is 1. The Balaban J connectivity index is 4.65. The van der Waals surface area contributed by atoms with Crippen molar-refractivity contribution in [3.8, 4) is 0 Å². The fraction of sp³-hybridized carbons (Fsp3) is 0.556. The van der Waals surface area contributed by atoms with Crippen LogP contribution in [0.15, 0.2) is 0 Å². The largest absolute Gasteiger partial charge is 0.481 e. The summed E-state index contributed by atoms with van der Waals surface area (Å²) >= 11 is 0. The number of nitrogens with two attached hydrogens (primary N) is 2. The Morgan fingerprint density at radius 1 is 1.18 bits per heavy atom. The number of hydrogen-bond acceptors (Lipinski definition) is 6. The van der Waals surface area contributed by atoms with Gasteiger partial charge < -0.3 is 16.6 Å². The molecule has 0 aromatic rings. The lowest BCUT2D eigenvalue weighted by Gasteiger charge is -2.11. The van der Waals surface area contributed by atoms with Gasteiger partial charge in [-0.2, -0.15) is 0 Å². The second kappa shape index (κ2) is 6.16. The molecule has 0 aliphatic heterocycles. The summed E-state index contributed by atoms with van der Waals surface area (Å²) in [6.45, 7) is 1.16. The molecule has 0 rings (SSSR count). The number of rotatable bonds is 7. The molecule has 0 spiro atoms. The van der Waals surface area contributed by atoms with Gasteiger partial charge in [-0.05, 0) is 6.92 Å². The van der Waals surface area contributed by atoms with E-state index in [0.717, 1.165) is 6.92 Å². The highest BCUT2D eigenvalue weighted by atomic mass is 19.1. The van der Waals surface area contributed by atoms with E-state index < -0.39 is 48.0 Å². The molecule has 17 heavy (non-hydrogen) atoms. The number of carboxylic acids is 1. The highest BCUT2D eigenvalue weighted by molar-refractivity contribution is 6.44. The fourth-order valence-corrected chi connectivity index (χ4v) is 0.955. The molecule has 0 bridgehead atoms. The first-order chi connectivity index (χ1) is 7.68. The molecule has 7 nitrogen and oxygen atoms in total. The molecule has 0 saturated heterocycles. The SMILES string of the molecule is C[C@H](N)C(=O)C(=O)C(F)C(=O)[C@@H](N)CC(=O)O. The van der Waals surface area contributed by atoms with Crippen LogP contribution in [0.3, 0.4) is 0 Å². The lowest BCUT2D eigenvalue weighted by molar-refractivity contribution is -0.145. The van der Waals surface area contributed by atoms with Crippen LogP contribution in [0.25, 0.3) is 0 Å². The first-order valence-electron chi connectivity index (χ1n) is 4.67. The Morgan fingerprint density at radius 2 is 1.65 bits per heavy atom. The normalized spacial score (nSPS) is 15.8. The molecule has 0 aliphatic carbocycles. The quantitative estimate of drug-likeness (QED) is 0.356. The predicted molar refractivity (Wildman–Crippen MR) is 53.8 cm³/mol. The molecule has 96 valence electrons. The molecule has 0 radical (unpaired) electrons. The Labute approximate surface area is 95.9 Å². The van der Waals surface area contributed by atoms with Crippen LogP contribution in [0.1, 0.15) is 13.3 Å². The zero-order valence-corrected chi connectivity index (χ0v) is 9.05. The minimum absolute atomic E-state index is 0.821. The highest BCUT2D eigenvalue weighted by Crippen LogP contribution is 2.03. The van der Waals surface area contributed by atoms with Crippen molar-refractivity contribution in [3.63, 3.8) is 0 Å². The van der Waals surface area contributed by atoms with Crippen molar-refractivity contribution in [2.75, 3.05) is 0 Å². The van der Waals surface area contributed by atoms with Crippen molar-refractivity contribution in [1.29, 1.82) is 0 Å². The molecule has 3 atom stereocenters. The van der Waals surface area contributed by atoms with E-state index in [0.29, 0.717) is 0 Å². The number of carboxylic acid groups (broad SMARTS) is 1. The summed E-state index contributed by atoms with van der Waals surface area (Å²) in [5, 5.41) is 8.32. The highest BCUT2D eigenvalue weighted by Gasteiger charge is 2.36. The van der Waals surface area contributed by atoms with Gasteiger partial charge in [0.05, 0.1) is 18.5 Å². The maximum Gasteiger partial charge on any atom is 0.305 e. The average molecular weight is 248 g/mol. The number of ketones is 3. The number of halogens is 1. The molecule has 5 N–H and O–H groups in total. The summed E-state index contributed by atoms with van der Waals surface area (Å²) in [6.07, 6.45) is -3.58. The third-order valence-electron chi connectivity index (χ3n) is 1.90. The van der Waals surface area contributed by atoms with Gasteiger partial charge in [-0.15, -0.1) is 0 Å². The van der Waals surface area contributed by atoms with Crippen LogP contribution in [0, 0.1) is 0 Å². The topological polar surface area (TPSA) is 141 Å². The van der Waals surface area contributed by atoms with E-state index in [1.165, 1.54) is 0 Å². The maximum absolute atomic E-state index is 13.3. The third kappa shape index (κ3) is 4.37. The lowest BCUT2D eigenvalue weighted by Crippen LogP contribution is -2.46. The van der Waals surface area contributed by atoms with Crippen LogP contribution < -0.4 is 11.5 Å². The van der Waals surface area contributed by atoms with Crippen molar-refractivity contribution in [3.05, 3.63) is 0 Å². The number of aliphatic carboxylic acids is 1. The minimum atomic E-state index is -2.76. The Kier molecular flexibility index (Phi) is 5.56. The smallest absolute Gasteiger partial charge is 0.305 e. The van der Waals surface area contributed by atoms with E-state index in [1.807, 2.05) is 0 Å². The second-order valence-electron chi connectivity index (χ2n) is 3.49.